The van der Waals surface area contributed by atoms with Crippen molar-refractivity contribution in [3.8, 4) is 11.5 Å². The molecule has 2 N–H and O–H groups in total. The Morgan fingerprint density at radius 2 is 1.88 bits per heavy atom. The van der Waals surface area contributed by atoms with Crippen LogP contribution < -0.4 is 20.1 Å². The number of fused-ring (bicyclic) bond motifs is 1. The summed E-state index contributed by atoms with van der Waals surface area (Å²) < 4.78 is 17.7. The van der Waals surface area contributed by atoms with Gasteiger partial charge in [0.15, 0.2) is 22.5 Å². The molecule has 0 aliphatic heterocycles. The summed E-state index contributed by atoms with van der Waals surface area (Å²) in [4.78, 5) is 39.2. The van der Waals surface area contributed by atoms with Gasteiger partial charge in [-0.25, -0.2) is 4.79 Å². The molecular weight excluding hydrogens is 578 g/mol. The number of thioether (sulfide) groups is 1. The quantitative estimate of drug-likeness (QED) is 0.162. The number of hydrogen-bond donors (Lipinski definition) is 2. The topological polar surface area (TPSA) is 134 Å². The minimum Gasteiger partial charge on any atom is -0.493 e. The number of esters is 1. The van der Waals surface area contributed by atoms with Gasteiger partial charge in [0.25, 0.3) is 0 Å². The lowest BCUT2D eigenvalue weighted by Gasteiger charge is -2.12. The maximum Gasteiger partial charge on any atom is 0.341 e. The number of carbonyl (C=O) groups excluding carboxylic acids is 3. The van der Waals surface area contributed by atoms with Crippen LogP contribution >= 0.6 is 23.1 Å². The molecule has 0 bridgehead atoms. The van der Waals surface area contributed by atoms with Crippen LogP contribution in [0.1, 0.15) is 58.9 Å². The lowest BCUT2D eigenvalue weighted by molar-refractivity contribution is -0.116. The van der Waals surface area contributed by atoms with Gasteiger partial charge in [-0.3, -0.25) is 9.59 Å². The van der Waals surface area contributed by atoms with E-state index in [0.29, 0.717) is 39.6 Å². The first-order valence-electron chi connectivity index (χ1n) is 13.7. The van der Waals surface area contributed by atoms with Crippen molar-refractivity contribution in [1.82, 2.24) is 20.1 Å². The van der Waals surface area contributed by atoms with Crippen LogP contribution in [-0.2, 0) is 40.3 Å². The summed E-state index contributed by atoms with van der Waals surface area (Å²) in [5.41, 5.74) is 2.28. The fourth-order valence-corrected chi connectivity index (χ4v) is 6.71. The first-order chi connectivity index (χ1) is 20.4. The molecule has 1 aromatic carbocycles. The van der Waals surface area contributed by atoms with E-state index in [9.17, 15) is 14.4 Å². The molecule has 42 heavy (non-hydrogen) atoms. The minimum atomic E-state index is -0.393. The number of rotatable bonds is 13. The largest absolute Gasteiger partial charge is 0.493 e. The summed E-state index contributed by atoms with van der Waals surface area (Å²) >= 11 is 2.70. The number of ether oxygens (including phenoxy) is 3. The van der Waals surface area contributed by atoms with Crippen molar-refractivity contribution >= 4 is 52.0 Å². The Kier molecular flexibility index (Phi) is 11.0. The van der Waals surface area contributed by atoms with Gasteiger partial charge in [0.05, 0.1) is 38.7 Å². The Bertz CT molecular complexity index is 1460. The zero-order chi connectivity index (χ0) is 30.1. The smallest absolute Gasteiger partial charge is 0.341 e. The summed E-state index contributed by atoms with van der Waals surface area (Å²) in [5, 5.41) is 15.3. The van der Waals surface area contributed by atoms with Gasteiger partial charge in [-0.05, 0) is 68.9 Å². The monoisotopic (exact) mass is 613 g/mol. The summed E-state index contributed by atoms with van der Waals surface area (Å²) in [6.45, 7) is 4.72. The first-order valence-corrected chi connectivity index (χ1v) is 15.5. The highest BCUT2D eigenvalue weighted by molar-refractivity contribution is 7.99. The molecule has 0 saturated heterocycles. The van der Waals surface area contributed by atoms with Crippen LogP contribution in [0.5, 0.6) is 11.5 Å². The Labute approximate surface area is 253 Å². The molecule has 4 rings (SSSR count). The number of anilines is 1. The van der Waals surface area contributed by atoms with Crippen molar-refractivity contribution in [3.05, 3.63) is 51.7 Å². The zero-order valence-corrected chi connectivity index (χ0v) is 25.8. The van der Waals surface area contributed by atoms with Crippen molar-refractivity contribution in [2.75, 3.05) is 31.9 Å². The molecule has 1 aliphatic carbocycles. The fraction of sp³-hybridized carbons (Fsp3) is 0.414. The second kappa shape index (κ2) is 14.9. The van der Waals surface area contributed by atoms with E-state index < -0.39 is 5.97 Å². The van der Waals surface area contributed by atoms with Crippen LogP contribution in [0.3, 0.4) is 0 Å². The molecule has 2 amide bonds. The van der Waals surface area contributed by atoms with Crippen LogP contribution in [-0.4, -0.2) is 59.1 Å². The standard InChI is InChI=1S/C29H35N5O6S2/c1-5-34-23(16-30-24(35)14-12-18-11-13-20(38-3)21(15-18)39-4)32-33-29(34)41-17-25(36)31-27-26(28(37)40-6-2)19-9-7-8-10-22(19)42-27/h11-15H,5-10,16-17H2,1-4H3,(H,30,35)(H,31,36)/b14-12+. The lowest BCUT2D eigenvalue weighted by atomic mass is 9.95. The number of amides is 2. The first kappa shape index (κ1) is 31.1. The number of nitrogens with zero attached hydrogens (tertiary/aromatic N) is 3. The second-order valence-corrected chi connectivity index (χ2v) is 11.3. The van der Waals surface area contributed by atoms with Crippen LogP contribution in [0.4, 0.5) is 5.00 Å². The summed E-state index contributed by atoms with van der Waals surface area (Å²) in [6, 6.07) is 5.37. The Morgan fingerprint density at radius 1 is 1.10 bits per heavy atom. The molecule has 0 radical (unpaired) electrons. The molecule has 13 heteroatoms. The Balaban J connectivity index is 1.34. The summed E-state index contributed by atoms with van der Waals surface area (Å²) in [7, 11) is 3.12. The van der Waals surface area contributed by atoms with E-state index in [4.69, 9.17) is 14.2 Å². The maximum atomic E-state index is 12.9. The number of methoxy groups -OCH3 is 2. The van der Waals surface area contributed by atoms with Crippen LogP contribution in [0.25, 0.3) is 6.08 Å². The van der Waals surface area contributed by atoms with E-state index in [1.807, 2.05) is 17.6 Å². The summed E-state index contributed by atoms with van der Waals surface area (Å²) in [6.07, 6.45) is 6.92. The normalized spacial score (nSPS) is 12.6. The van der Waals surface area contributed by atoms with Crippen LogP contribution in [0.2, 0.25) is 0 Å². The molecule has 224 valence electrons. The second-order valence-electron chi connectivity index (χ2n) is 9.28. The van der Waals surface area contributed by atoms with Crippen molar-refractivity contribution in [3.63, 3.8) is 0 Å². The highest BCUT2D eigenvalue weighted by Crippen LogP contribution is 2.38. The number of aromatic nitrogens is 3. The van der Waals surface area contributed by atoms with Crippen LogP contribution in [0.15, 0.2) is 29.4 Å². The van der Waals surface area contributed by atoms with E-state index in [0.717, 1.165) is 41.7 Å². The van der Waals surface area contributed by atoms with Gasteiger partial charge in [-0.15, -0.1) is 21.5 Å². The van der Waals surface area contributed by atoms with Gasteiger partial charge < -0.3 is 29.4 Å². The number of nitrogens with one attached hydrogen (secondary N) is 2. The third kappa shape index (κ3) is 7.51. The van der Waals surface area contributed by atoms with Gasteiger partial charge in [0, 0.05) is 17.5 Å². The molecule has 11 nitrogen and oxygen atoms in total. The molecular formula is C29H35N5O6S2. The van der Waals surface area contributed by atoms with Crippen molar-refractivity contribution in [2.45, 2.75) is 57.8 Å². The molecule has 2 heterocycles. The predicted molar refractivity (Wildman–Crippen MR) is 162 cm³/mol. The fourth-order valence-electron chi connectivity index (χ4n) is 4.59. The van der Waals surface area contributed by atoms with E-state index in [-0.39, 0.29) is 30.7 Å². The SMILES string of the molecule is CCOC(=O)c1c(NC(=O)CSc2nnc(CNC(=O)/C=C/c3ccc(OC)c(OC)c3)n2CC)sc2c1CCCC2. The number of aryl methyl sites for hydroxylation is 1. The maximum absolute atomic E-state index is 12.9. The highest BCUT2D eigenvalue weighted by Gasteiger charge is 2.27. The van der Waals surface area contributed by atoms with Crippen LogP contribution in [0, 0.1) is 0 Å². The summed E-state index contributed by atoms with van der Waals surface area (Å²) in [5.74, 6) is 0.910. The highest BCUT2D eigenvalue weighted by atomic mass is 32.2. The Hall–Kier alpha value is -3.84. The molecule has 0 atom stereocenters. The van der Waals surface area contributed by atoms with Gasteiger partial charge in [-0.2, -0.15) is 0 Å². The van der Waals surface area contributed by atoms with E-state index in [2.05, 4.69) is 20.8 Å². The van der Waals surface area contributed by atoms with Gasteiger partial charge in [0.2, 0.25) is 11.8 Å². The Morgan fingerprint density at radius 3 is 2.62 bits per heavy atom. The van der Waals surface area contributed by atoms with Crippen molar-refractivity contribution < 1.29 is 28.6 Å². The number of benzene rings is 1. The lowest BCUT2D eigenvalue weighted by Crippen LogP contribution is -2.22. The number of carbonyl (C=O) groups is 3. The van der Waals surface area contributed by atoms with E-state index in [1.165, 1.54) is 29.2 Å². The van der Waals surface area contributed by atoms with Gasteiger partial charge in [-0.1, -0.05) is 17.8 Å². The molecule has 1 aliphatic rings. The molecule has 0 unspecified atom stereocenters. The molecule has 2 aromatic heterocycles. The third-order valence-corrected chi connectivity index (χ3v) is 8.78. The predicted octanol–water partition coefficient (Wildman–Crippen LogP) is 4.49. The minimum absolute atomic E-state index is 0.0867. The van der Waals surface area contributed by atoms with Gasteiger partial charge in [0.1, 0.15) is 5.00 Å². The molecule has 3 aromatic rings. The molecule has 0 spiro atoms. The number of thiophene rings is 1. The van der Waals surface area contributed by atoms with Crippen molar-refractivity contribution in [1.29, 1.82) is 0 Å². The van der Waals surface area contributed by atoms with Crippen molar-refractivity contribution in [2.24, 2.45) is 0 Å². The third-order valence-electron chi connectivity index (χ3n) is 6.60. The average molecular weight is 614 g/mol. The zero-order valence-electron chi connectivity index (χ0n) is 24.2. The van der Waals surface area contributed by atoms with E-state index in [1.54, 1.807) is 39.4 Å². The molecule has 0 saturated carbocycles. The average Bonchev–Trinajstić information content (AvgIpc) is 3.57. The van der Waals surface area contributed by atoms with Gasteiger partial charge >= 0.3 is 5.97 Å². The molecule has 0 fully saturated rings. The van der Waals surface area contributed by atoms with E-state index >= 15 is 0 Å². The number of hydrogen-bond acceptors (Lipinski definition) is 10.